The maximum absolute atomic E-state index is 14.1. The van der Waals surface area contributed by atoms with Crippen molar-refractivity contribution in [2.75, 3.05) is 12.4 Å². The number of nitrogens with zero attached hydrogens (tertiary/aromatic N) is 5. The van der Waals surface area contributed by atoms with Crippen LogP contribution in [0.2, 0.25) is 0 Å². The molecule has 0 saturated heterocycles. The molecular formula is C18H20FN7O. The molecule has 0 bridgehead atoms. The molecule has 3 rings (SSSR count). The van der Waals surface area contributed by atoms with Gasteiger partial charge in [-0.3, -0.25) is 9.78 Å². The van der Waals surface area contributed by atoms with E-state index in [-0.39, 0.29) is 11.6 Å². The second-order valence-electron chi connectivity index (χ2n) is 5.90. The molecule has 1 amide bonds. The number of benzene rings is 1. The number of anilines is 1. The molecule has 27 heavy (non-hydrogen) atoms. The SMILES string of the molecule is CCn1ncnc1C(C)NC(=O)c1cc(F)cc(-c2cncc(NC)n2)c1. The van der Waals surface area contributed by atoms with Gasteiger partial charge in [0.2, 0.25) is 0 Å². The van der Waals surface area contributed by atoms with Crippen molar-refractivity contribution < 1.29 is 9.18 Å². The van der Waals surface area contributed by atoms with Gasteiger partial charge in [-0.05, 0) is 32.0 Å². The number of rotatable bonds is 6. The number of carbonyl (C=O) groups is 1. The van der Waals surface area contributed by atoms with Crippen LogP contribution in [0, 0.1) is 5.82 Å². The summed E-state index contributed by atoms with van der Waals surface area (Å²) in [7, 11) is 1.72. The summed E-state index contributed by atoms with van der Waals surface area (Å²) in [6, 6.07) is 3.71. The van der Waals surface area contributed by atoms with Crippen molar-refractivity contribution in [1.29, 1.82) is 0 Å². The van der Waals surface area contributed by atoms with Crippen molar-refractivity contribution in [3.05, 3.63) is 54.1 Å². The lowest BCUT2D eigenvalue weighted by Crippen LogP contribution is -2.29. The van der Waals surface area contributed by atoms with Gasteiger partial charge in [0.15, 0.2) is 0 Å². The van der Waals surface area contributed by atoms with Crippen LogP contribution in [0.25, 0.3) is 11.3 Å². The fourth-order valence-electron chi connectivity index (χ4n) is 2.69. The van der Waals surface area contributed by atoms with E-state index in [1.807, 2.05) is 6.92 Å². The molecule has 0 aliphatic heterocycles. The number of hydrogen-bond acceptors (Lipinski definition) is 6. The van der Waals surface area contributed by atoms with E-state index >= 15 is 0 Å². The van der Waals surface area contributed by atoms with E-state index < -0.39 is 11.7 Å². The summed E-state index contributed by atoms with van der Waals surface area (Å²) in [5, 5.41) is 9.80. The predicted octanol–water partition coefficient (Wildman–Crippen LogP) is 2.43. The Bertz CT molecular complexity index is 956. The molecule has 1 atom stereocenters. The smallest absolute Gasteiger partial charge is 0.251 e. The molecule has 0 aliphatic carbocycles. The number of aryl methyl sites for hydroxylation is 1. The normalized spacial score (nSPS) is 11.9. The van der Waals surface area contributed by atoms with E-state index in [1.165, 1.54) is 24.7 Å². The second-order valence-corrected chi connectivity index (χ2v) is 5.90. The van der Waals surface area contributed by atoms with Crippen LogP contribution < -0.4 is 10.6 Å². The fourth-order valence-corrected chi connectivity index (χ4v) is 2.69. The van der Waals surface area contributed by atoms with E-state index in [0.717, 1.165) is 0 Å². The number of hydrogen-bond donors (Lipinski definition) is 2. The van der Waals surface area contributed by atoms with Crippen LogP contribution in [0.1, 0.15) is 36.1 Å². The number of carbonyl (C=O) groups excluding carboxylic acids is 1. The number of halogens is 1. The number of aromatic nitrogens is 5. The average molecular weight is 369 g/mol. The zero-order valence-corrected chi connectivity index (χ0v) is 15.3. The third-order valence-corrected chi connectivity index (χ3v) is 4.03. The van der Waals surface area contributed by atoms with Gasteiger partial charge in [-0.2, -0.15) is 5.10 Å². The van der Waals surface area contributed by atoms with Crippen LogP contribution in [-0.2, 0) is 6.54 Å². The summed E-state index contributed by atoms with van der Waals surface area (Å²) in [4.78, 5) is 25.2. The van der Waals surface area contributed by atoms with Crippen molar-refractivity contribution in [3.8, 4) is 11.3 Å². The third-order valence-electron chi connectivity index (χ3n) is 4.03. The minimum atomic E-state index is -0.529. The minimum absolute atomic E-state index is 0.191. The Morgan fingerprint density at radius 3 is 2.85 bits per heavy atom. The zero-order chi connectivity index (χ0) is 19.4. The fraction of sp³-hybridized carbons (Fsp3) is 0.278. The summed E-state index contributed by atoms with van der Waals surface area (Å²) in [6.07, 6.45) is 4.51. The van der Waals surface area contributed by atoms with Crippen molar-refractivity contribution in [1.82, 2.24) is 30.0 Å². The second kappa shape index (κ2) is 7.90. The van der Waals surface area contributed by atoms with Gasteiger partial charge in [-0.1, -0.05) is 0 Å². The van der Waals surface area contributed by atoms with Crippen LogP contribution >= 0.6 is 0 Å². The first-order valence-corrected chi connectivity index (χ1v) is 8.51. The summed E-state index contributed by atoms with van der Waals surface area (Å²) >= 11 is 0. The quantitative estimate of drug-likeness (QED) is 0.693. The topological polar surface area (TPSA) is 97.6 Å². The van der Waals surface area contributed by atoms with Crippen LogP contribution in [0.3, 0.4) is 0 Å². The molecule has 1 unspecified atom stereocenters. The molecule has 9 heteroatoms. The molecule has 1 aromatic carbocycles. The van der Waals surface area contributed by atoms with E-state index in [9.17, 15) is 9.18 Å². The highest BCUT2D eigenvalue weighted by molar-refractivity contribution is 5.95. The molecule has 2 aromatic heterocycles. The molecular weight excluding hydrogens is 349 g/mol. The van der Waals surface area contributed by atoms with Crippen LogP contribution in [0.15, 0.2) is 36.9 Å². The molecule has 2 heterocycles. The first-order chi connectivity index (χ1) is 13.0. The van der Waals surface area contributed by atoms with Gasteiger partial charge in [-0.25, -0.2) is 19.0 Å². The van der Waals surface area contributed by atoms with Crippen LogP contribution in [0.5, 0.6) is 0 Å². The van der Waals surface area contributed by atoms with Crippen molar-refractivity contribution in [2.45, 2.75) is 26.4 Å². The van der Waals surface area contributed by atoms with E-state index in [2.05, 4.69) is 30.7 Å². The van der Waals surface area contributed by atoms with Gasteiger partial charge in [0.05, 0.1) is 24.1 Å². The Labute approximate surface area is 155 Å². The average Bonchev–Trinajstić information content (AvgIpc) is 3.16. The highest BCUT2D eigenvalue weighted by Crippen LogP contribution is 2.21. The maximum atomic E-state index is 14.1. The summed E-state index contributed by atoms with van der Waals surface area (Å²) in [5.41, 5.74) is 1.12. The molecule has 0 spiro atoms. The first-order valence-electron chi connectivity index (χ1n) is 8.51. The van der Waals surface area contributed by atoms with E-state index in [4.69, 9.17) is 0 Å². The van der Waals surface area contributed by atoms with Crippen molar-refractivity contribution >= 4 is 11.7 Å². The summed E-state index contributed by atoms with van der Waals surface area (Å²) in [6.45, 7) is 4.38. The zero-order valence-electron chi connectivity index (χ0n) is 15.3. The van der Waals surface area contributed by atoms with Gasteiger partial charge in [-0.15, -0.1) is 0 Å². The van der Waals surface area contributed by atoms with Crippen molar-refractivity contribution in [3.63, 3.8) is 0 Å². The molecule has 0 saturated carbocycles. The molecule has 8 nitrogen and oxygen atoms in total. The summed E-state index contributed by atoms with van der Waals surface area (Å²) < 4.78 is 15.8. The Kier molecular flexibility index (Phi) is 5.39. The highest BCUT2D eigenvalue weighted by atomic mass is 19.1. The monoisotopic (exact) mass is 369 g/mol. The molecule has 3 aromatic rings. The van der Waals surface area contributed by atoms with Crippen LogP contribution in [0.4, 0.5) is 10.2 Å². The lowest BCUT2D eigenvalue weighted by atomic mass is 10.1. The van der Waals surface area contributed by atoms with E-state index in [1.54, 1.807) is 30.9 Å². The van der Waals surface area contributed by atoms with Gasteiger partial charge in [0, 0.05) is 24.7 Å². The highest BCUT2D eigenvalue weighted by Gasteiger charge is 2.17. The van der Waals surface area contributed by atoms with Gasteiger partial charge >= 0.3 is 0 Å². The lowest BCUT2D eigenvalue weighted by molar-refractivity contribution is 0.0937. The molecule has 0 fully saturated rings. The van der Waals surface area contributed by atoms with Crippen LogP contribution in [-0.4, -0.2) is 37.7 Å². The predicted molar refractivity (Wildman–Crippen MR) is 98.5 cm³/mol. The van der Waals surface area contributed by atoms with E-state index in [0.29, 0.717) is 29.4 Å². The molecule has 140 valence electrons. The van der Waals surface area contributed by atoms with Gasteiger partial charge < -0.3 is 10.6 Å². The van der Waals surface area contributed by atoms with Gasteiger partial charge in [0.25, 0.3) is 5.91 Å². The number of amides is 1. The standard InChI is InChI=1S/C18H20FN7O/c1-4-26-17(22-10-23-26)11(2)24-18(27)13-5-12(6-14(19)7-13)15-8-21-9-16(20-3)25-15/h5-11H,4H2,1-3H3,(H,20,25)(H,24,27). The lowest BCUT2D eigenvalue weighted by Gasteiger charge is -2.14. The summed E-state index contributed by atoms with van der Waals surface area (Å²) in [5.74, 6) is 0.246. The molecule has 0 aliphatic rings. The maximum Gasteiger partial charge on any atom is 0.251 e. The molecule has 0 radical (unpaired) electrons. The Morgan fingerprint density at radius 2 is 2.11 bits per heavy atom. The minimum Gasteiger partial charge on any atom is -0.372 e. The Hall–Kier alpha value is -3.36. The Balaban J connectivity index is 1.86. The molecule has 2 N–H and O–H groups in total. The van der Waals surface area contributed by atoms with Crippen molar-refractivity contribution in [2.24, 2.45) is 0 Å². The first kappa shape index (κ1) is 18.4. The van der Waals surface area contributed by atoms with Gasteiger partial charge in [0.1, 0.15) is 23.8 Å². The Morgan fingerprint density at radius 1 is 1.30 bits per heavy atom. The largest absolute Gasteiger partial charge is 0.372 e. The number of nitrogens with one attached hydrogen (secondary N) is 2. The third kappa shape index (κ3) is 4.08.